The molecule has 1 saturated heterocycles. The number of anilines is 1. The van der Waals surface area contributed by atoms with E-state index in [1.54, 1.807) is 41.5 Å². The molecule has 3 N–H and O–H groups in total. The summed E-state index contributed by atoms with van der Waals surface area (Å²) >= 11 is 0. The number of carbonyl (C=O) groups is 4. The first-order chi connectivity index (χ1) is 31.5. The number of nitrogens with one attached hydrogen (secondary N) is 1. The second kappa shape index (κ2) is 28.3. The highest BCUT2D eigenvalue weighted by Crippen LogP contribution is 2.48. The van der Waals surface area contributed by atoms with Gasteiger partial charge in [-0.15, -0.1) is 0 Å². The summed E-state index contributed by atoms with van der Waals surface area (Å²) in [5.74, 6) is -3.58. The number of aromatic nitrogens is 3. The summed E-state index contributed by atoms with van der Waals surface area (Å²) in [5, 5.41) is 17.7. The predicted molar refractivity (Wildman–Crippen MR) is 244 cm³/mol. The third kappa shape index (κ3) is 17.4. The van der Waals surface area contributed by atoms with E-state index in [0.717, 1.165) is 57.7 Å². The highest BCUT2D eigenvalue weighted by atomic mass is 31.2. The Labute approximate surface area is 389 Å². The monoisotopic (exact) mass is 946 g/mol. The maximum Gasteiger partial charge on any atom is 0.510 e. The summed E-state index contributed by atoms with van der Waals surface area (Å²) in [6.07, 6.45) is 16.4. The van der Waals surface area contributed by atoms with Crippen molar-refractivity contribution in [3.05, 3.63) is 48.5 Å². The van der Waals surface area contributed by atoms with Gasteiger partial charge in [0.15, 0.2) is 18.0 Å². The van der Waals surface area contributed by atoms with Gasteiger partial charge in [0.1, 0.15) is 30.1 Å². The number of nitrogens with two attached hydrogens (primary N) is 1. The molecule has 1 aliphatic rings. The van der Waals surface area contributed by atoms with Crippen LogP contribution in [0.25, 0.3) is 5.52 Å². The summed E-state index contributed by atoms with van der Waals surface area (Å²) in [4.78, 5) is 55.8. The third-order valence-electron chi connectivity index (χ3n) is 10.3. The molecule has 0 amide bonds. The normalized spacial score (nSPS) is 19.9. The highest BCUT2D eigenvalue weighted by molar-refractivity contribution is 7.51. The molecule has 20 heteroatoms. The van der Waals surface area contributed by atoms with Crippen molar-refractivity contribution in [1.29, 1.82) is 5.26 Å². The molecule has 1 fully saturated rings. The minimum atomic E-state index is -4.69. The topological polar surface area (TPSA) is 251 Å². The quantitative estimate of drug-likeness (QED) is 0.0186. The molecule has 0 aliphatic carbocycles. The van der Waals surface area contributed by atoms with E-state index in [1.807, 2.05) is 0 Å². The number of unbranched alkanes of at least 4 members (excludes halogenated alkanes) is 9. The molecule has 0 radical (unpaired) electrons. The minimum absolute atomic E-state index is 0.0366. The largest absolute Gasteiger partial charge is 0.510 e. The molecule has 2 aromatic rings. The van der Waals surface area contributed by atoms with E-state index in [9.17, 15) is 29.0 Å². The Morgan fingerprint density at radius 3 is 2.15 bits per heavy atom. The standard InChI is InChI=1S/C46H71N6O13P/c1-9-10-11-12-13-14-15-16-17-18-19-20-21-22-23-24-27-58-44(55)35(8)51-66(57,61-31-59-45(56)62-34(6)7)60-28-37-39(63-42(53)32(2)3)40(64-43(54)33(4)5)46(29-47,65-37)38-26-25-36-41(48)49-30-50-52(36)38/h13-14,16-17,25-26,30,32-35,37,39-40H,9-12,15,18-24,27-28,31H2,1-8H3,(H,51,57)(H2,48,49,50)/b14-13-,17-16-/t35-,37+,39+,40+,46-,66+/m0/s1. The molecule has 0 bridgehead atoms. The Kier molecular flexibility index (Phi) is 23.8. The first kappa shape index (κ1) is 55.5. The molecule has 2 aromatic heterocycles. The van der Waals surface area contributed by atoms with Crippen LogP contribution in [0.3, 0.4) is 0 Å². The lowest BCUT2D eigenvalue weighted by atomic mass is 9.92. The number of hydrogen-bond acceptors (Lipinski definition) is 17. The number of rotatable bonds is 30. The molecule has 0 saturated carbocycles. The van der Waals surface area contributed by atoms with Crippen molar-refractivity contribution in [3.63, 3.8) is 0 Å². The van der Waals surface area contributed by atoms with Crippen LogP contribution in [0.4, 0.5) is 10.6 Å². The molecule has 3 rings (SSSR count). The van der Waals surface area contributed by atoms with E-state index < -0.39 is 93.1 Å². The van der Waals surface area contributed by atoms with Gasteiger partial charge < -0.3 is 34.2 Å². The molecular formula is C46H71N6O13P. The molecule has 19 nitrogen and oxygen atoms in total. The zero-order valence-corrected chi connectivity index (χ0v) is 40.7. The smallest absolute Gasteiger partial charge is 0.465 e. The number of fused-ring (bicyclic) bond motifs is 1. The molecule has 0 spiro atoms. The van der Waals surface area contributed by atoms with Gasteiger partial charge in [-0.05, 0) is 71.4 Å². The summed E-state index contributed by atoms with van der Waals surface area (Å²) in [6, 6.07) is 3.81. The van der Waals surface area contributed by atoms with Gasteiger partial charge in [-0.3, -0.25) is 23.4 Å². The van der Waals surface area contributed by atoms with Gasteiger partial charge in [0, 0.05) is 0 Å². The average molecular weight is 947 g/mol. The van der Waals surface area contributed by atoms with Gasteiger partial charge in [-0.1, -0.05) is 97.4 Å². The van der Waals surface area contributed by atoms with Gasteiger partial charge in [0.25, 0.3) is 0 Å². The van der Waals surface area contributed by atoms with Crippen LogP contribution in [0, 0.1) is 23.2 Å². The van der Waals surface area contributed by atoms with Crippen molar-refractivity contribution < 1.29 is 61.2 Å². The number of nitriles is 1. The summed E-state index contributed by atoms with van der Waals surface area (Å²) in [6.45, 7) is 11.5. The lowest BCUT2D eigenvalue weighted by Gasteiger charge is -2.29. The Morgan fingerprint density at radius 2 is 1.52 bits per heavy atom. The summed E-state index contributed by atoms with van der Waals surface area (Å²) < 4.78 is 60.5. The maximum absolute atomic E-state index is 14.4. The van der Waals surface area contributed by atoms with Crippen LogP contribution >= 0.6 is 7.75 Å². The molecule has 66 heavy (non-hydrogen) atoms. The SMILES string of the molecule is CCCCC/C=C\C/C=C\CCCCCCCCOC(=O)[C@H](C)N[P@](=O)(OCOC(=O)OC(C)C)OC[C@H]1O[C@@](C#N)(c2ccc3c(N)ncnn23)[C@H](OC(=O)C(C)C)[C@@H]1OC(=O)C(C)C. The summed E-state index contributed by atoms with van der Waals surface area (Å²) in [7, 11) is -4.69. The van der Waals surface area contributed by atoms with Crippen LogP contribution < -0.4 is 10.8 Å². The third-order valence-corrected chi connectivity index (χ3v) is 11.9. The van der Waals surface area contributed by atoms with Crippen LogP contribution in [-0.4, -0.2) is 89.1 Å². The second-order valence-electron chi connectivity index (χ2n) is 16.9. The summed E-state index contributed by atoms with van der Waals surface area (Å²) in [5.41, 5.74) is 4.19. The maximum atomic E-state index is 14.4. The van der Waals surface area contributed by atoms with Crippen LogP contribution in [-0.2, 0) is 62.0 Å². The number of nitrogens with zero attached hydrogens (tertiary/aromatic N) is 4. The molecule has 6 atom stereocenters. The van der Waals surface area contributed by atoms with Gasteiger partial charge >= 0.3 is 31.8 Å². The first-order valence-corrected chi connectivity index (χ1v) is 24.6. The van der Waals surface area contributed by atoms with Crippen LogP contribution in [0.1, 0.15) is 138 Å². The number of esters is 3. The zero-order valence-electron chi connectivity index (χ0n) is 39.8. The van der Waals surface area contributed by atoms with Gasteiger partial charge in [0.05, 0.1) is 36.8 Å². The number of ether oxygens (including phenoxy) is 6. The van der Waals surface area contributed by atoms with Crippen LogP contribution in [0.2, 0.25) is 0 Å². The minimum Gasteiger partial charge on any atom is -0.465 e. The number of hydrogen-bond donors (Lipinski definition) is 2. The van der Waals surface area contributed by atoms with E-state index in [0.29, 0.717) is 11.9 Å². The number of nitrogen functional groups attached to an aromatic ring is 1. The molecule has 1 aliphatic heterocycles. The van der Waals surface area contributed by atoms with Crippen LogP contribution in [0.5, 0.6) is 0 Å². The number of allylic oxidation sites excluding steroid dienone is 4. The van der Waals surface area contributed by atoms with E-state index in [4.69, 9.17) is 43.2 Å². The van der Waals surface area contributed by atoms with Gasteiger partial charge in [0.2, 0.25) is 12.4 Å². The lowest BCUT2D eigenvalue weighted by Crippen LogP contribution is -2.47. The molecular weight excluding hydrogens is 876 g/mol. The Morgan fingerprint density at radius 1 is 0.879 bits per heavy atom. The zero-order chi connectivity index (χ0) is 48.7. The highest BCUT2D eigenvalue weighted by Gasteiger charge is 2.63. The van der Waals surface area contributed by atoms with E-state index >= 15 is 0 Å². The number of carbonyl (C=O) groups excluding carboxylic acids is 4. The van der Waals surface area contributed by atoms with E-state index in [2.05, 4.69) is 52.5 Å². The fourth-order valence-corrected chi connectivity index (χ4v) is 8.00. The van der Waals surface area contributed by atoms with E-state index in [-0.39, 0.29) is 18.1 Å². The van der Waals surface area contributed by atoms with Crippen molar-refractivity contribution in [2.75, 3.05) is 25.7 Å². The molecule has 0 unspecified atom stereocenters. The lowest BCUT2D eigenvalue weighted by molar-refractivity contribution is -0.173. The van der Waals surface area contributed by atoms with Crippen LogP contribution in [0.15, 0.2) is 42.8 Å². The predicted octanol–water partition coefficient (Wildman–Crippen LogP) is 8.56. The van der Waals surface area contributed by atoms with Gasteiger partial charge in [-0.2, -0.15) is 10.4 Å². The van der Waals surface area contributed by atoms with Crippen molar-refractivity contribution in [2.24, 2.45) is 11.8 Å². The second-order valence-corrected chi connectivity index (χ2v) is 18.7. The average Bonchev–Trinajstić information content (AvgIpc) is 3.83. The fourth-order valence-electron chi connectivity index (χ4n) is 6.67. The Hall–Kier alpha value is -4.86. The molecule has 0 aromatic carbocycles. The van der Waals surface area contributed by atoms with Crippen molar-refractivity contribution >= 4 is 43.1 Å². The Balaban J connectivity index is 1.72. The van der Waals surface area contributed by atoms with Crippen molar-refractivity contribution in [3.8, 4) is 6.07 Å². The molecule has 3 heterocycles. The van der Waals surface area contributed by atoms with Crippen molar-refractivity contribution in [1.82, 2.24) is 19.7 Å². The Bertz CT molecular complexity index is 2000. The molecule has 368 valence electrons. The van der Waals surface area contributed by atoms with E-state index in [1.165, 1.54) is 42.8 Å². The first-order valence-electron chi connectivity index (χ1n) is 23.0. The fraction of sp³-hybridized carbons (Fsp3) is 0.674. The van der Waals surface area contributed by atoms with Gasteiger partial charge in [-0.25, -0.2) is 23.9 Å². The van der Waals surface area contributed by atoms with Crippen molar-refractivity contribution in [2.45, 2.75) is 168 Å².